The maximum atomic E-state index is 13.5. The van der Waals surface area contributed by atoms with Gasteiger partial charge in [0.15, 0.2) is 11.5 Å². The van der Waals surface area contributed by atoms with Gasteiger partial charge in [-0.1, -0.05) is 0 Å². The number of halogens is 1. The lowest BCUT2D eigenvalue weighted by Crippen LogP contribution is -2.17. The largest absolute Gasteiger partial charge is 0.493 e. The fraction of sp³-hybridized carbons (Fsp3) is 0.105. The van der Waals surface area contributed by atoms with Gasteiger partial charge in [0, 0.05) is 10.9 Å². The van der Waals surface area contributed by atoms with Crippen molar-refractivity contribution >= 4 is 28.2 Å². The lowest BCUT2D eigenvalue weighted by molar-refractivity contribution is 0.355. The van der Waals surface area contributed by atoms with Crippen LogP contribution in [0.2, 0.25) is 0 Å². The Morgan fingerprint density at radius 3 is 2.74 bits per heavy atom. The van der Waals surface area contributed by atoms with Crippen LogP contribution < -0.4 is 15.0 Å². The summed E-state index contributed by atoms with van der Waals surface area (Å²) in [6.07, 6.45) is 2.82. The Hall–Kier alpha value is -3.68. The number of nitrogens with one attached hydrogen (secondary N) is 1. The molecular weight excluding hydrogens is 351 g/mol. The molecule has 0 spiro atoms. The normalized spacial score (nSPS) is 11.5. The molecule has 4 aromatic rings. The van der Waals surface area contributed by atoms with E-state index < -0.39 is 0 Å². The summed E-state index contributed by atoms with van der Waals surface area (Å²) >= 11 is 0. The second-order valence-electron chi connectivity index (χ2n) is 5.79. The van der Waals surface area contributed by atoms with Crippen molar-refractivity contribution in [3.8, 4) is 11.5 Å². The molecule has 0 aliphatic carbocycles. The van der Waals surface area contributed by atoms with Crippen molar-refractivity contribution in [2.45, 2.75) is 0 Å². The van der Waals surface area contributed by atoms with E-state index in [1.165, 1.54) is 24.7 Å². The number of aromatic amines is 1. The van der Waals surface area contributed by atoms with Gasteiger partial charge in [0.1, 0.15) is 23.2 Å². The molecule has 0 aliphatic rings. The number of H-pyrrole nitrogens is 1. The predicted octanol–water partition coefficient (Wildman–Crippen LogP) is 2.92. The average Bonchev–Trinajstić information content (AvgIpc) is 3.06. The molecule has 0 unspecified atom stereocenters. The first-order chi connectivity index (χ1) is 13.1. The van der Waals surface area contributed by atoms with Gasteiger partial charge in [-0.05, 0) is 42.0 Å². The first-order valence-corrected chi connectivity index (χ1v) is 8.05. The average molecular weight is 366 g/mol. The van der Waals surface area contributed by atoms with Gasteiger partial charge in [-0.25, -0.2) is 9.37 Å². The molecule has 0 aliphatic heterocycles. The maximum absolute atomic E-state index is 13.5. The van der Waals surface area contributed by atoms with Crippen LogP contribution >= 0.6 is 0 Å². The number of nitrogens with zero attached hydrogens (tertiary/aromatic N) is 3. The Morgan fingerprint density at radius 1 is 1.15 bits per heavy atom. The number of methoxy groups -OCH3 is 2. The Morgan fingerprint density at radius 2 is 1.96 bits per heavy atom. The summed E-state index contributed by atoms with van der Waals surface area (Å²) in [5.74, 6) is 0.765. The first kappa shape index (κ1) is 16.8. The molecule has 2 aromatic carbocycles. The second-order valence-corrected chi connectivity index (χ2v) is 5.79. The molecule has 0 saturated heterocycles. The summed E-state index contributed by atoms with van der Waals surface area (Å²) in [4.78, 5) is 19.9. The zero-order valence-electron chi connectivity index (χ0n) is 14.6. The highest BCUT2D eigenvalue weighted by molar-refractivity contribution is 6.04. The summed E-state index contributed by atoms with van der Waals surface area (Å²) in [5.41, 5.74) is 1.65. The van der Waals surface area contributed by atoms with Crippen molar-refractivity contribution in [1.82, 2.24) is 14.6 Å². The third-order valence-electron chi connectivity index (χ3n) is 4.19. The highest BCUT2D eigenvalue weighted by Gasteiger charge is 2.11. The standard InChI is InChI=1S/C19H15FN4O3/c1-26-15-6-3-11(7-16(15)27-2)9-22-24-10-21-17-13-8-12(20)4-5-14(13)23-18(17)19(24)25/h3-10,23H,1-2H3/b22-9+. The lowest BCUT2D eigenvalue weighted by atomic mass is 10.2. The quantitative estimate of drug-likeness (QED) is 0.563. The van der Waals surface area contributed by atoms with Gasteiger partial charge < -0.3 is 14.5 Å². The topological polar surface area (TPSA) is 81.5 Å². The molecule has 0 fully saturated rings. The van der Waals surface area contributed by atoms with Gasteiger partial charge in [-0.15, -0.1) is 0 Å². The van der Waals surface area contributed by atoms with E-state index in [4.69, 9.17) is 9.47 Å². The van der Waals surface area contributed by atoms with Crippen molar-refractivity contribution < 1.29 is 13.9 Å². The molecule has 0 saturated carbocycles. The van der Waals surface area contributed by atoms with Gasteiger partial charge in [0.2, 0.25) is 0 Å². The van der Waals surface area contributed by atoms with E-state index in [1.54, 1.807) is 38.5 Å². The fourth-order valence-electron chi connectivity index (χ4n) is 2.86. The zero-order chi connectivity index (χ0) is 19.0. The van der Waals surface area contributed by atoms with E-state index in [2.05, 4.69) is 15.1 Å². The summed E-state index contributed by atoms with van der Waals surface area (Å²) in [5, 5.41) is 4.72. The smallest absolute Gasteiger partial charge is 0.298 e. The maximum Gasteiger partial charge on any atom is 0.298 e. The number of aromatic nitrogens is 3. The molecule has 27 heavy (non-hydrogen) atoms. The Kier molecular flexibility index (Phi) is 4.08. The van der Waals surface area contributed by atoms with E-state index in [-0.39, 0.29) is 16.9 Å². The van der Waals surface area contributed by atoms with E-state index >= 15 is 0 Å². The molecule has 0 radical (unpaired) electrons. The molecule has 2 heterocycles. The molecule has 0 amide bonds. The fourth-order valence-corrected chi connectivity index (χ4v) is 2.86. The third kappa shape index (κ3) is 2.91. The van der Waals surface area contributed by atoms with Crippen LogP contribution in [-0.4, -0.2) is 35.1 Å². The number of hydrogen-bond acceptors (Lipinski definition) is 5. The van der Waals surface area contributed by atoms with Crippen molar-refractivity contribution in [2.24, 2.45) is 5.10 Å². The summed E-state index contributed by atoms with van der Waals surface area (Å²) in [6.45, 7) is 0. The minimum Gasteiger partial charge on any atom is -0.493 e. The van der Waals surface area contributed by atoms with E-state index in [0.29, 0.717) is 27.9 Å². The van der Waals surface area contributed by atoms with Crippen LogP contribution in [0.25, 0.3) is 21.9 Å². The number of benzene rings is 2. The SMILES string of the molecule is COc1ccc(/C=N/n2cnc3c([nH]c4ccc(F)cc43)c2=O)cc1OC. The summed E-state index contributed by atoms with van der Waals surface area (Å²) in [7, 11) is 3.10. The van der Waals surface area contributed by atoms with Crippen LogP contribution in [0, 0.1) is 5.82 Å². The van der Waals surface area contributed by atoms with Crippen LogP contribution in [0.4, 0.5) is 4.39 Å². The first-order valence-electron chi connectivity index (χ1n) is 8.05. The summed E-state index contributed by atoms with van der Waals surface area (Å²) < 4.78 is 25.0. The zero-order valence-corrected chi connectivity index (χ0v) is 14.6. The Balaban J connectivity index is 1.76. The molecule has 7 nitrogen and oxygen atoms in total. The van der Waals surface area contributed by atoms with Crippen LogP contribution in [0.5, 0.6) is 11.5 Å². The highest BCUT2D eigenvalue weighted by atomic mass is 19.1. The van der Waals surface area contributed by atoms with Gasteiger partial charge in [0.25, 0.3) is 5.56 Å². The van der Waals surface area contributed by atoms with E-state index in [9.17, 15) is 9.18 Å². The van der Waals surface area contributed by atoms with Gasteiger partial charge in [-0.3, -0.25) is 4.79 Å². The lowest BCUT2D eigenvalue weighted by Gasteiger charge is -2.07. The van der Waals surface area contributed by atoms with Crippen molar-refractivity contribution in [3.05, 3.63) is 64.5 Å². The van der Waals surface area contributed by atoms with Gasteiger partial charge >= 0.3 is 0 Å². The molecule has 4 rings (SSSR count). The Bertz CT molecular complexity index is 1240. The van der Waals surface area contributed by atoms with E-state index in [1.807, 2.05) is 0 Å². The Labute approximate surface area is 152 Å². The van der Waals surface area contributed by atoms with Crippen molar-refractivity contribution in [2.75, 3.05) is 14.2 Å². The number of fused-ring (bicyclic) bond motifs is 3. The van der Waals surface area contributed by atoms with Crippen molar-refractivity contribution in [3.63, 3.8) is 0 Å². The van der Waals surface area contributed by atoms with Crippen LogP contribution in [0.1, 0.15) is 5.56 Å². The second kappa shape index (κ2) is 6.56. The molecule has 136 valence electrons. The molecular formula is C19H15FN4O3. The number of ether oxygens (including phenoxy) is 2. The van der Waals surface area contributed by atoms with Crippen LogP contribution in [0.15, 0.2) is 52.6 Å². The monoisotopic (exact) mass is 366 g/mol. The number of hydrogen-bond donors (Lipinski definition) is 1. The minimum atomic E-state index is -0.388. The highest BCUT2D eigenvalue weighted by Crippen LogP contribution is 2.27. The molecule has 1 N–H and O–H groups in total. The summed E-state index contributed by atoms with van der Waals surface area (Å²) in [6, 6.07) is 9.52. The van der Waals surface area contributed by atoms with Crippen LogP contribution in [-0.2, 0) is 0 Å². The van der Waals surface area contributed by atoms with E-state index in [0.717, 1.165) is 10.2 Å². The molecule has 2 aromatic heterocycles. The minimum absolute atomic E-state index is 0.266. The third-order valence-corrected chi connectivity index (χ3v) is 4.19. The molecule has 0 bridgehead atoms. The van der Waals surface area contributed by atoms with Crippen molar-refractivity contribution in [1.29, 1.82) is 0 Å². The predicted molar refractivity (Wildman–Crippen MR) is 100 cm³/mol. The molecule has 8 heteroatoms. The van der Waals surface area contributed by atoms with Crippen LogP contribution in [0.3, 0.4) is 0 Å². The van der Waals surface area contributed by atoms with Gasteiger partial charge in [-0.2, -0.15) is 9.78 Å². The number of rotatable bonds is 4. The molecule has 0 atom stereocenters. The van der Waals surface area contributed by atoms with Gasteiger partial charge in [0.05, 0.1) is 20.4 Å².